The lowest BCUT2D eigenvalue weighted by Crippen LogP contribution is -1.86. The molecule has 2 heterocycles. The lowest BCUT2D eigenvalue weighted by atomic mass is 10.4. The van der Waals surface area contributed by atoms with Gasteiger partial charge in [0, 0.05) is 13.2 Å². The van der Waals surface area contributed by atoms with Crippen LogP contribution in [-0.4, -0.2) is 14.8 Å². The first-order valence-corrected chi connectivity index (χ1v) is 4.94. The van der Waals surface area contributed by atoms with E-state index in [2.05, 4.69) is 10.1 Å². The highest BCUT2D eigenvalue weighted by Gasteiger charge is 2.00. The summed E-state index contributed by atoms with van der Waals surface area (Å²) in [4.78, 5) is 5.26. The van der Waals surface area contributed by atoms with Crippen LogP contribution in [0.1, 0.15) is 0 Å². The molecule has 72 valence electrons. The van der Waals surface area contributed by atoms with Gasteiger partial charge in [0.05, 0.1) is 23.0 Å². The molecule has 0 spiro atoms. The molecule has 0 aliphatic carbocycles. The standard InChI is InChI=1S/C9H10N4S/c1-13-6-8(5-12-13)14-9-3-2-7(10)4-11-9/h2-6H,10H2,1H3. The van der Waals surface area contributed by atoms with Gasteiger partial charge in [-0.3, -0.25) is 4.68 Å². The minimum atomic E-state index is 0.681. The van der Waals surface area contributed by atoms with E-state index in [1.807, 2.05) is 31.6 Å². The third kappa shape index (κ3) is 2.05. The summed E-state index contributed by atoms with van der Waals surface area (Å²) in [5.41, 5.74) is 6.22. The average molecular weight is 206 g/mol. The van der Waals surface area contributed by atoms with E-state index in [0.29, 0.717) is 5.69 Å². The molecule has 0 aliphatic heterocycles. The maximum Gasteiger partial charge on any atom is 0.101 e. The molecule has 0 amide bonds. The summed E-state index contributed by atoms with van der Waals surface area (Å²) in [7, 11) is 1.89. The topological polar surface area (TPSA) is 56.7 Å². The lowest BCUT2D eigenvalue weighted by Gasteiger charge is -1.97. The van der Waals surface area contributed by atoms with E-state index in [1.54, 1.807) is 22.6 Å². The summed E-state index contributed by atoms with van der Waals surface area (Å²) in [5.74, 6) is 0. The van der Waals surface area contributed by atoms with Crippen molar-refractivity contribution < 1.29 is 0 Å². The average Bonchev–Trinajstić information content (AvgIpc) is 2.56. The van der Waals surface area contributed by atoms with Gasteiger partial charge in [-0.05, 0) is 12.1 Å². The summed E-state index contributed by atoms with van der Waals surface area (Å²) in [5, 5.41) is 5.00. The normalized spacial score (nSPS) is 10.4. The molecule has 0 bridgehead atoms. The number of aryl methyl sites for hydroxylation is 1. The van der Waals surface area contributed by atoms with Crippen molar-refractivity contribution in [2.45, 2.75) is 9.92 Å². The molecule has 2 aromatic heterocycles. The Labute approximate surface area is 86.1 Å². The molecule has 0 unspecified atom stereocenters. The summed E-state index contributed by atoms with van der Waals surface area (Å²) < 4.78 is 1.76. The summed E-state index contributed by atoms with van der Waals surface area (Å²) in [6, 6.07) is 3.73. The third-order valence-corrected chi connectivity index (χ3v) is 2.56. The minimum absolute atomic E-state index is 0.681. The molecule has 0 saturated heterocycles. The molecule has 0 fully saturated rings. The summed E-state index contributed by atoms with van der Waals surface area (Å²) in [6.45, 7) is 0. The van der Waals surface area contributed by atoms with Crippen LogP contribution >= 0.6 is 11.8 Å². The van der Waals surface area contributed by atoms with E-state index in [4.69, 9.17) is 5.73 Å². The Morgan fingerprint density at radius 1 is 1.36 bits per heavy atom. The SMILES string of the molecule is Cn1cc(Sc2ccc(N)cn2)cn1. The Morgan fingerprint density at radius 3 is 2.79 bits per heavy atom. The molecule has 2 aromatic rings. The maximum atomic E-state index is 5.54. The molecule has 14 heavy (non-hydrogen) atoms. The van der Waals surface area contributed by atoms with Gasteiger partial charge in [-0.25, -0.2) is 4.98 Å². The second-order valence-corrected chi connectivity index (χ2v) is 3.98. The van der Waals surface area contributed by atoms with E-state index in [-0.39, 0.29) is 0 Å². The second kappa shape index (κ2) is 3.71. The van der Waals surface area contributed by atoms with Crippen LogP contribution in [0.25, 0.3) is 0 Å². The first kappa shape index (κ1) is 9.08. The Balaban J connectivity index is 2.15. The Kier molecular flexibility index (Phi) is 2.41. The lowest BCUT2D eigenvalue weighted by molar-refractivity contribution is 0.766. The highest BCUT2D eigenvalue weighted by molar-refractivity contribution is 7.99. The molecule has 0 saturated carbocycles. The molecule has 2 rings (SSSR count). The van der Waals surface area contributed by atoms with Crippen LogP contribution in [0.5, 0.6) is 0 Å². The minimum Gasteiger partial charge on any atom is -0.397 e. The van der Waals surface area contributed by atoms with E-state index < -0.39 is 0 Å². The predicted octanol–water partition coefficient (Wildman–Crippen LogP) is 1.55. The highest BCUT2D eigenvalue weighted by atomic mass is 32.2. The molecule has 0 radical (unpaired) electrons. The van der Waals surface area contributed by atoms with Crippen molar-refractivity contribution in [2.75, 3.05) is 5.73 Å². The van der Waals surface area contributed by atoms with Crippen LogP contribution in [0.4, 0.5) is 5.69 Å². The molecule has 0 atom stereocenters. The Bertz CT molecular complexity index is 421. The van der Waals surface area contributed by atoms with Gasteiger partial charge < -0.3 is 5.73 Å². The number of nitrogens with two attached hydrogens (primary N) is 1. The van der Waals surface area contributed by atoms with Crippen LogP contribution < -0.4 is 5.73 Å². The van der Waals surface area contributed by atoms with Gasteiger partial charge in [0.1, 0.15) is 5.03 Å². The number of aromatic nitrogens is 3. The monoisotopic (exact) mass is 206 g/mol. The fraction of sp³-hybridized carbons (Fsp3) is 0.111. The number of nitrogen functional groups attached to an aromatic ring is 1. The number of hydrogen-bond donors (Lipinski definition) is 1. The number of pyridine rings is 1. The Hall–Kier alpha value is -1.49. The predicted molar refractivity (Wildman–Crippen MR) is 56.0 cm³/mol. The molecule has 5 heteroatoms. The molecular formula is C9H10N4S. The van der Waals surface area contributed by atoms with Crippen LogP contribution in [0.15, 0.2) is 40.6 Å². The Morgan fingerprint density at radius 2 is 2.21 bits per heavy atom. The van der Waals surface area contributed by atoms with E-state index in [9.17, 15) is 0 Å². The molecule has 0 aliphatic rings. The van der Waals surface area contributed by atoms with Crippen molar-refractivity contribution in [1.82, 2.24) is 14.8 Å². The van der Waals surface area contributed by atoms with Crippen LogP contribution in [0, 0.1) is 0 Å². The van der Waals surface area contributed by atoms with Gasteiger partial charge in [0.25, 0.3) is 0 Å². The first-order chi connectivity index (χ1) is 6.74. The quantitative estimate of drug-likeness (QED) is 0.810. The fourth-order valence-corrected chi connectivity index (χ4v) is 1.81. The first-order valence-electron chi connectivity index (χ1n) is 4.12. The number of hydrogen-bond acceptors (Lipinski definition) is 4. The van der Waals surface area contributed by atoms with Crippen molar-refractivity contribution in [1.29, 1.82) is 0 Å². The van der Waals surface area contributed by atoms with Crippen LogP contribution in [0.2, 0.25) is 0 Å². The molecule has 2 N–H and O–H groups in total. The van der Waals surface area contributed by atoms with Gasteiger partial charge in [-0.15, -0.1) is 0 Å². The van der Waals surface area contributed by atoms with Crippen molar-refractivity contribution in [3.05, 3.63) is 30.7 Å². The zero-order chi connectivity index (χ0) is 9.97. The number of anilines is 1. The van der Waals surface area contributed by atoms with Crippen molar-refractivity contribution in [3.63, 3.8) is 0 Å². The van der Waals surface area contributed by atoms with Crippen molar-refractivity contribution >= 4 is 17.4 Å². The zero-order valence-corrected chi connectivity index (χ0v) is 8.53. The highest BCUT2D eigenvalue weighted by Crippen LogP contribution is 2.25. The zero-order valence-electron chi connectivity index (χ0n) is 7.71. The summed E-state index contributed by atoms with van der Waals surface area (Å²) in [6.07, 6.45) is 5.41. The van der Waals surface area contributed by atoms with E-state index in [1.165, 1.54) is 0 Å². The van der Waals surface area contributed by atoms with Crippen LogP contribution in [-0.2, 0) is 7.05 Å². The number of nitrogens with zero attached hydrogens (tertiary/aromatic N) is 3. The summed E-state index contributed by atoms with van der Waals surface area (Å²) >= 11 is 1.57. The maximum absolute atomic E-state index is 5.54. The van der Waals surface area contributed by atoms with Crippen LogP contribution in [0.3, 0.4) is 0 Å². The smallest absolute Gasteiger partial charge is 0.101 e. The molecular weight excluding hydrogens is 196 g/mol. The second-order valence-electron chi connectivity index (χ2n) is 2.88. The largest absolute Gasteiger partial charge is 0.397 e. The van der Waals surface area contributed by atoms with E-state index in [0.717, 1.165) is 9.92 Å². The van der Waals surface area contributed by atoms with Gasteiger partial charge in [-0.2, -0.15) is 5.10 Å². The van der Waals surface area contributed by atoms with Crippen molar-refractivity contribution in [2.24, 2.45) is 7.05 Å². The fourth-order valence-electron chi connectivity index (χ4n) is 1.02. The van der Waals surface area contributed by atoms with Gasteiger partial charge in [0.15, 0.2) is 0 Å². The number of rotatable bonds is 2. The van der Waals surface area contributed by atoms with Crippen molar-refractivity contribution in [3.8, 4) is 0 Å². The molecule has 0 aromatic carbocycles. The van der Waals surface area contributed by atoms with E-state index >= 15 is 0 Å². The van der Waals surface area contributed by atoms with Gasteiger partial charge in [-0.1, -0.05) is 11.8 Å². The molecule has 4 nitrogen and oxygen atoms in total. The van der Waals surface area contributed by atoms with Gasteiger partial charge in [0.2, 0.25) is 0 Å². The van der Waals surface area contributed by atoms with Gasteiger partial charge >= 0.3 is 0 Å². The third-order valence-electron chi connectivity index (χ3n) is 1.66.